The van der Waals surface area contributed by atoms with E-state index >= 15 is 0 Å². The van der Waals surface area contributed by atoms with E-state index in [4.69, 9.17) is 0 Å². The molecular formula is C9H16O. The normalized spacial score (nSPS) is 12.3. The average molecular weight is 140 g/mol. The number of allylic oxidation sites excluding steroid dienone is 2. The number of hydrogen-bond acceptors (Lipinski definition) is 1. The molecule has 0 aliphatic rings. The fourth-order valence-corrected chi connectivity index (χ4v) is 1.02. The number of ketones is 1. The number of carbonyl (C=O) groups is 1. The first-order valence-electron chi connectivity index (χ1n) is 3.82. The van der Waals surface area contributed by atoms with Gasteiger partial charge >= 0.3 is 0 Å². The second-order valence-electron chi connectivity index (χ2n) is 2.68. The molecule has 0 aliphatic heterocycles. The molecule has 0 aromatic carbocycles. The van der Waals surface area contributed by atoms with Crippen molar-refractivity contribution < 1.29 is 4.79 Å². The highest BCUT2D eigenvalue weighted by atomic mass is 16.1. The third kappa shape index (κ3) is 2.34. The summed E-state index contributed by atoms with van der Waals surface area (Å²) in [6.07, 6.45) is 2.54. The average Bonchev–Trinajstić information content (AvgIpc) is 1.88. The lowest BCUT2D eigenvalue weighted by atomic mass is 9.98. The molecule has 0 atom stereocenters. The molecule has 0 aromatic heterocycles. The predicted octanol–water partition coefficient (Wildman–Crippen LogP) is 2.57. The smallest absolute Gasteiger partial charge is 0.158 e. The van der Waals surface area contributed by atoms with Crippen molar-refractivity contribution in [2.75, 3.05) is 0 Å². The Hall–Kier alpha value is -0.590. The maximum Gasteiger partial charge on any atom is 0.158 e. The summed E-state index contributed by atoms with van der Waals surface area (Å²) in [6, 6.07) is 0. The van der Waals surface area contributed by atoms with Crippen molar-refractivity contribution in [2.45, 2.75) is 34.1 Å². The molecule has 0 spiro atoms. The molecule has 0 saturated heterocycles. The maximum atomic E-state index is 11.1. The standard InChI is InChI=1S/C9H16O/c1-5-8(7(3)4)9(10)6-2/h5,7H,6H2,1-4H3/b8-5+. The van der Waals surface area contributed by atoms with Crippen LogP contribution in [0.2, 0.25) is 0 Å². The highest BCUT2D eigenvalue weighted by molar-refractivity contribution is 5.95. The quantitative estimate of drug-likeness (QED) is 0.551. The molecule has 0 aromatic rings. The van der Waals surface area contributed by atoms with Gasteiger partial charge in [0.15, 0.2) is 5.78 Å². The fourth-order valence-electron chi connectivity index (χ4n) is 1.02. The SMILES string of the molecule is C/C=C(/C(=O)CC)C(C)C. The van der Waals surface area contributed by atoms with Gasteiger partial charge in [-0.25, -0.2) is 0 Å². The van der Waals surface area contributed by atoms with Crippen LogP contribution < -0.4 is 0 Å². The predicted molar refractivity (Wildman–Crippen MR) is 43.9 cm³/mol. The molecular weight excluding hydrogens is 124 g/mol. The van der Waals surface area contributed by atoms with Crippen LogP contribution in [0, 0.1) is 5.92 Å². The van der Waals surface area contributed by atoms with Crippen molar-refractivity contribution >= 4 is 5.78 Å². The van der Waals surface area contributed by atoms with Gasteiger partial charge in [-0.2, -0.15) is 0 Å². The van der Waals surface area contributed by atoms with Crippen molar-refractivity contribution in [3.63, 3.8) is 0 Å². The summed E-state index contributed by atoms with van der Waals surface area (Å²) < 4.78 is 0. The number of carbonyl (C=O) groups excluding carboxylic acids is 1. The summed E-state index contributed by atoms with van der Waals surface area (Å²) in [4.78, 5) is 11.1. The Morgan fingerprint density at radius 2 is 2.00 bits per heavy atom. The molecule has 58 valence electrons. The van der Waals surface area contributed by atoms with Crippen molar-refractivity contribution in [1.29, 1.82) is 0 Å². The topological polar surface area (TPSA) is 17.1 Å². The number of Topliss-reactive ketones (excluding diaryl/α,β-unsaturated/α-hetero) is 1. The monoisotopic (exact) mass is 140 g/mol. The third-order valence-electron chi connectivity index (χ3n) is 1.58. The molecule has 0 N–H and O–H groups in total. The first-order chi connectivity index (χ1) is 4.63. The Morgan fingerprint density at radius 3 is 2.10 bits per heavy atom. The van der Waals surface area contributed by atoms with Crippen LogP contribution >= 0.6 is 0 Å². The highest BCUT2D eigenvalue weighted by Gasteiger charge is 2.08. The van der Waals surface area contributed by atoms with Crippen LogP contribution in [0.5, 0.6) is 0 Å². The molecule has 10 heavy (non-hydrogen) atoms. The number of rotatable bonds is 3. The molecule has 0 aliphatic carbocycles. The Bertz CT molecular complexity index is 143. The zero-order chi connectivity index (χ0) is 8.15. The van der Waals surface area contributed by atoms with Crippen LogP contribution in [-0.2, 0) is 4.79 Å². The van der Waals surface area contributed by atoms with E-state index in [-0.39, 0.29) is 5.78 Å². The molecule has 0 heterocycles. The van der Waals surface area contributed by atoms with Gasteiger partial charge in [0, 0.05) is 6.42 Å². The van der Waals surface area contributed by atoms with E-state index in [2.05, 4.69) is 0 Å². The van der Waals surface area contributed by atoms with E-state index in [1.807, 2.05) is 33.8 Å². The summed E-state index contributed by atoms with van der Waals surface area (Å²) in [5.74, 6) is 0.648. The van der Waals surface area contributed by atoms with Gasteiger partial charge in [-0.3, -0.25) is 4.79 Å². The van der Waals surface area contributed by atoms with E-state index in [1.54, 1.807) is 0 Å². The van der Waals surface area contributed by atoms with Crippen LogP contribution in [0.3, 0.4) is 0 Å². The van der Waals surface area contributed by atoms with Gasteiger partial charge in [-0.1, -0.05) is 26.8 Å². The van der Waals surface area contributed by atoms with Gasteiger partial charge in [0.1, 0.15) is 0 Å². The molecule has 0 amide bonds. The summed E-state index contributed by atoms with van der Waals surface area (Å²) in [5.41, 5.74) is 0.961. The van der Waals surface area contributed by atoms with Crippen LogP contribution in [-0.4, -0.2) is 5.78 Å². The van der Waals surface area contributed by atoms with Crippen LogP contribution in [0.1, 0.15) is 34.1 Å². The van der Waals surface area contributed by atoms with Crippen molar-refractivity contribution in [3.8, 4) is 0 Å². The summed E-state index contributed by atoms with van der Waals surface area (Å²) in [5, 5.41) is 0. The minimum absolute atomic E-state index is 0.275. The van der Waals surface area contributed by atoms with E-state index in [9.17, 15) is 4.79 Å². The maximum absolute atomic E-state index is 11.1. The zero-order valence-corrected chi connectivity index (χ0v) is 7.27. The first-order valence-corrected chi connectivity index (χ1v) is 3.82. The first kappa shape index (κ1) is 9.41. The Balaban J connectivity index is 4.24. The molecule has 1 nitrogen and oxygen atoms in total. The van der Waals surface area contributed by atoms with Crippen molar-refractivity contribution in [2.24, 2.45) is 5.92 Å². The van der Waals surface area contributed by atoms with E-state index < -0.39 is 0 Å². The minimum atomic E-state index is 0.275. The van der Waals surface area contributed by atoms with Crippen molar-refractivity contribution in [1.82, 2.24) is 0 Å². The Labute approximate surface area is 63.1 Å². The van der Waals surface area contributed by atoms with Gasteiger partial charge < -0.3 is 0 Å². The molecule has 1 heteroatoms. The van der Waals surface area contributed by atoms with Gasteiger partial charge in [0.25, 0.3) is 0 Å². The van der Waals surface area contributed by atoms with Gasteiger partial charge in [0.05, 0.1) is 0 Å². The highest BCUT2D eigenvalue weighted by Crippen LogP contribution is 2.11. The largest absolute Gasteiger partial charge is 0.295 e. The van der Waals surface area contributed by atoms with Crippen LogP contribution in [0.25, 0.3) is 0 Å². The van der Waals surface area contributed by atoms with Crippen LogP contribution in [0.15, 0.2) is 11.6 Å². The number of hydrogen-bond donors (Lipinski definition) is 0. The van der Waals surface area contributed by atoms with E-state index in [0.717, 1.165) is 5.57 Å². The second-order valence-corrected chi connectivity index (χ2v) is 2.68. The minimum Gasteiger partial charge on any atom is -0.295 e. The summed E-state index contributed by atoms with van der Waals surface area (Å²) in [7, 11) is 0. The Kier molecular flexibility index (Phi) is 4.01. The van der Waals surface area contributed by atoms with Gasteiger partial charge in [-0.05, 0) is 18.4 Å². The summed E-state index contributed by atoms with van der Waals surface area (Å²) in [6.45, 7) is 7.91. The van der Waals surface area contributed by atoms with Gasteiger partial charge in [0.2, 0.25) is 0 Å². The molecule has 0 rings (SSSR count). The molecule has 0 bridgehead atoms. The lowest BCUT2D eigenvalue weighted by Crippen LogP contribution is -2.06. The zero-order valence-electron chi connectivity index (χ0n) is 7.27. The summed E-state index contributed by atoms with van der Waals surface area (Å²) >= 11 is 0. The lowest BCUT2D eigenvalue weighted by Gasteiger charge is -2.06. The van der Waals surface area contributed by atoms with Crippen molar-refractivity contribution in [3.05, 3.63) is 11.6 Å². The fraction of sp³-hybridized carbons (Fsp3) is 0.667. The Morgan fingerprint density at radius 1 is 1.50 bits per heavy atom. The van der Waals surface area contributed by atoms with Crippen LogP contribution in [0.4, 0.5) is 0 Å². The second kappa shape index (κ2) is 4.26. The van der Waals surface area contributed by atoms with E-state index in [1.165, 1.54) is 0 Å². The molecule has 0 unspecified atom stereocenters. The molecule has 0 saturated carbocycles. The lowest BCUT2D eigenvalue weighted by molar-refractivity contribution is -0.115. The van der Waals surface area contributed by atoms with Gasteiger partial charge in [-0.15, -0.1) is 0 Å². The third-order valence-corrected chi connectivity index (χ3v) is 1.58. The molecule has 0 fully saturated rings. The van der Waals surface area contributed by atoms with E-state index in [0.29, 0.717) is 12.3 Å². The molecule has 0 radical (unpaired) electrons.